The summed E-state index contributed by atoms with van der Waals surface area (Å²) in [6.07, 6.45) is 6.96. The lowest BCUT2D eigenvalue weighted by atomic mass is 9.82. The van der Waals surface area contributed by atoms with Gasteiger partial charge < -0.3 is 10.1 Å². The molecule has 0 saturated heterocycles. The molecule has 34 heavy (non-hydrogen) atoms. The molecular weight excluding hydrogens is 467 g/mol. The molecule has 1 heterocycles. The van der Waals surface area contributed by atoms with Crippen molar-refractivity contribution < 1.29 is 9.53 Å². The van der Waals surface area contributed by atoms with Gasteiger partial charge in [-0.05, 0) is 93.1 Å². The van der Waals surface area contributed by atoms with Crippen LogP contribution in [0.5, 0.6) is 5.75 Å². The molecule has 0 bridgehead atoms. The Balaban J connectivity index is 1.55. The third-order valence-electron chi connectivity index (χ3n) is 6.60. The number of aromatic nitrogens is 1. The second-order valence-electron chi connectivity index (χ2n) is 9.06. The van der Waals surface area contributed by atoms with E-state index in [4.69, 9.17) is 27.9 Å². The standard InChI is InChI=1S/C28H30Cl2N2O2/c1-20(25(26-7-3-6-18-31-26)19-21-8-10-22(29)11-9-21)32-27(33)28(16-4-2-5-17-28)34-24-14-12-23(30)13-15-24/h3,6-15,18,20,25H,2,4-5,16-17,19H2,1H3,(H,32,33). The van der Waals surface area contributed by atoms with Crippen molar-refractivity contribution in [1.29, 1.82) is 0 Å². The average molecular weight is 497 g/mol. The second kappa shape index (κ2) is 11.2. The summed E-state index contributed by atoms with van der Waals surface area (Å²) in [5, 5.41) is 4.64. The zero-order valence-electron chi connectivity index (χ0n) is 19.3. The lowest BCUT2D eigenvalue weighted by Crippen LogP contribution is -2.55. The Morgan fingerprint density at radius 2 is 1.62 bits per heavy atom. The number of ether oxygens (including phenoxy) is 1. The molecule has 1 aliphatic rings. The summed E-state index contributed by atoms with van der Waals surface area (Å²) >= 11 is 12.1. The highest BCUT2D eigenvalue weighted by Crippen LogP contribution is 2.34. The first-order valence-electron chi connectivity index (χ1n) is 11.9. The maximum Gasteiger partial charge on any atom is 0.264 e. The summed E-state index contributed by atoms with van der Waals surface area (Å²) in [4.78, 5) is 18.3. The van der Waals surface area contributed by atoms with Crippen LogP contribution in [0.3, 0.4) is 0 Å². The Morgan fingerprint density at radius 1 is 0.971 bits per heavy atom. The van der Waals surface area contributed by atoms with Gasteiger partial charge in [0, 0.05) is 33.9 Å². The van der Waals surface area contributed by atoms with E-state index in [0.717, 1.165) is 36.9 Å². The zero-order chi connectivity index (χ0) is 24.0. The number of nitrogens with zero attached hydrogens (tertiary/aromatic N) is 1. The molecule has 1 N–H and O–H groups in total. The van der Waals surface area contributed by atoms with Crippen molar-refractivity contribution in [1.82, 2.24) is 10.3 Å². The van der Waals surface area contributed by atoms with E-state index in [9.17, 15) is 4.79 Å². The van der Waals surface area contributed by atoms with E-state index in [-0.39, 0.29) is 17.9 Å². The maximum absolute atomic E-state index is 13.7. The predicted molar refractivity (Wildman–Crippen MR) is 138 cm³/mol. The molecule has 178 valence electrons. The molecule has 1 amide bonds. The minimum Gasteiger partial charge on any atom is -0.477 e. The SMILES string of the molecule is CC(NC(=O)C1(Oc2ccc(Cl)cc2)CCCCC1)C(Cc1ccc(Cl)cc1)c1ccccn1. The number of hydrogen-bond donors (Lipinski definition) is 1. The highest BCUT2D eigenvalue weighted by Gasteiger charge is 2.43. The molecule has 0 radical (unpaired) electrons. The third kappa shape index (κ3) is 6.11. The smallest absolute Gasteiger partial charge is 0.264 e. The van der Waals surface area contributed by atoms with Gasteiger partial charge >= 0.3 is 0 Å². The van der Waals surface area contributed by atoms with Crippen LogP contribution in [0.2, 0.25) is 10.0 Å². The van der Waals surface area contributed by atoms with Crippen LogP contribution < -0.4 is 10.1 Å². The molecule has 0 aliphatic heterocycles. The van der Waals surface area contributed by atoms with E-state index in [1.165, 1.54) is 0 Å². The summed E-state index contributed by atoms with van der Waals surface area (Å²) in [5.41, 5.74) is 1.21. The van der Waals surface area contributed by atoms with Crippen LogP contribution in [-0.4, -0.2) is 22.5 Å². The molecule has 1 aromatic heterocycles. The number of pyridine rings is 1. The van der Waals surface area contributed by atoms with Gasteiger partial charge in [0.1, 0.15) is 5.75 Å². The van der Waals surface area contributed by atoms with Gasteiger partial charge in [0.25, 0.3) is 5.91 Å². The van der Waals surface area contributed by atoms with Crippen molar-refractivity contribution >= 4 is 29.1 Å². The Bertz CT molecular complexity index is 1070. The first kappa shape index (κ1) is 24.6. The van der Waals surface area contributed by atoms with E-state index in [0.29, 0.717) is 28.6 Å². The quantitative estimate of drug-likeness (QED) is 0.365. The lowest BCUT2D eigenvalue weighted by molar-refractivity contribution is -0.140. The molecule has 1 fully saturated rings. The Kier molecular flexibility index (Phi) is 8.12. The van der Waals surface area contributed by atoms with Gasteiger partial charge in [-0.3, -0.25) is 9.78 Å². The van der Waals surface area contributed by atoms with Crippen molar-refractivity contribution in [3.63, 3.8) is 0 Å². The van der Waals surface area contributed by atoms with Gasteiger partial charge in [0.2, 0.25) is 0 Å². The molecule has 6 heteroatoms. The van der Waals surface area contributed by atoms with Gasteiger partial charge in [-0.1, -0.05) is 47.8 Å². The molecule has 2 aromatic carbocycles. The molecule has 2 unspecified atom stereocenters. The molecule has 1 aliphatic carbocycles. The van der Waals surface area contributed by atoms with Gasteiger partial charge in [-0.2, -0.15) is 0 Å². The van der Waals surface area contributed by atoms with Crippen LogP contribution in [0.15, 0.2) is 72.9 Å². The van der Waals surface area contributed by atoms with Crippen molar-refractivity contribution in [2.45, 2.75) is 63.0 Å². The zero-order valence-corrected chi connectivity index (χ0v) is 20.9. The van der Waals surface area contributed by atoms with Crippen molar-refractivity contribution in [2.24, 2.45) is 0 Å². The molecule has 2 atom stereocenters. The fourth-order valence-corrected chi connectivity index (χ4v) is 4.92. The maximum atomic E-state index is 13.7. The molecule has 0 spiro atoms. The molecule has 4 rings (SSSR count). The highest BCUT2D eigenvalue weighted by molar-refractivity contribution is 6.30. The van der Waals surface area contributed by atoms with E-state index < -0.39 is 5.60 Å². The van der Waals surface area contributed by atoms with Crippen LogP contribution in [-0.2, 0) is 11.2 Å². The summed E-state index contributed by atoms with van der Waals surface area (Å²) in [5.74, 6) is 0.603. The predicted octanol–water partition coefficient (Wildman–Crippen LogP) is 7.00. The summed E-state index contributed by atoms with van der Waals surface area (Å²) in [6, 6.07) is 20.8. The fraction of sp³-hybridized carbons (Fsp3) is 0.357. The number of benzene rings is 2. The van der Waals surface area contributed by atoms with Gasteiger partial charge in [-0.25, -0.2) is 0 Å². The fourth-order valence-electron chi connectivity index (χ4n) is 4.67. The number of carbonyl (C=O) groups is 1. The van der Waals surface area contributed by atoms with Gasteiger partial charge in [0.15, 0.2) is 5.60 Å². The third-order valence-corrected chi connectivity index (χ3v) is 7.10. The monoisotopic (exact) mass is 496 g/mol. The van der Waals surface area contributed by atoms with E-state index in [1.54, 1.807) is 18.3 Å². The largest absolute Gasteiger partial charge is 0.477 e. The van der Waals surface area contributed by atoms with E-state index >= 15 is 0 Å². The van der Waals surface area contributed by atoms with Gasteiger partial charge in [-0.15, -0.1) is 0 Å². The summed E-state index contributed by atoms with van der Waals surface area (Å²) < 4.78 is 6.38. The normalized spacial score (nSPS) is 16.9. The molecule has 1 saturated carbocycles. The number of amides is 1. The Morgan fingerprint density at radius 3 is 2.24 bits per heavy atom. The van der Waals surface area contributed by atoms with Crippen LogP contribution >= 0.6 is 23.2 Å². The first-order valence-corrected chi connectivity index (χ1v) is 12.6. The number of rotatable bonds is 8. The van der Waals surface area contributed by atoms with Crippen LogP contribution in [0.25, 0.3) is 0 Å². The summed E-state index contributed by atoms with van der Waals surface area (Å²) in [7, 11) is 0. The highest BCUT2D eigenvalue weighted by atomic mass is 35.5. The molecule has 3 aromatic rings. The van der Waals surface area contributed by atoms with Crippen molar-refractivity contribution in [2.75, 3.05) is 0 Å². The molecular formula is C28H30Cl2N2O2. The van der Waals surface area contributed by atoms with Gasteiger partial charge in [0.05, 0.1) is 0 Å². The van der Waals surface area contributed by atoms with Crippen LogP contribution in [0.1, 0.15) is 56.2 Å². The van der Waals surface area contributed by atoms with Crippen molar-refractivity contribution in [3.05, 3.63) is 94.2 Å². The lowest BCUT2D eigenvalue weighted by Gasteiger charge is -2.38. The summed E-state index contributed by atoms with van der Waals surface area (Å²) in [6.45, 7) is 2.05. The number of hydrogen-bond acceptors (Lipinski definition) is 3. The second-order valence-corrected chi connectivity index (χ2v) is 9.94. The first-order chi connectivity index (χ1) is 16.4. The number of carbonyl (C=O) groups excluding carboxylic acids is 1. The minimum atomic E-state index is -0.880. The topological polar surface area (TPSA) is 51.2 Å². The Labute approximate surface area is 211 Å². The van der Waals surface area contributed by atoms with Crippen LogP contribution in [0, 0.1) is 0 Å². The Hall–Kier alpha value is -2.56. The molecule has 4 nitrogen and oxygen atoms in total. The number of nitrogens with one attached hydrogen (secondary N) is 1. The average Bonchev–Trinajstić information content (AvgIpc) is 2.86. The number of halogens is 2. The van der Waals surface area contributed by atoms with E-state index in [1.807, 2.05) is 61.5 Å². The van der Waals surface area contributed by atoms with Crippen LogP contribution in [0.4, 0.5) is 0 Å². The van der Waals surface area contributed by atoms with E-state index in [2.05, 4.69) is 10.3 Å². The van der Waals surface area contributed by atoms with Crippen molar-refractivity contribution in [3.8, 4) is 5.75 Å². The minimum absolute atomic E-state index is 0.00231.